The van der Waals surface area contributed by atoms with Gasteiger partial charge in [-0.25, -0.2) is 0 Å². The van der Waals surface area contributed by atoms with Crippen LogP contribution in [0.4, 0.5) is 0 Å². The predicted octanol–water partition coefficient (Wildman–Crippen LogP) is 2.76. The van der Waals surface area contributed by atoms with Crippen LogP contribution in [0.15, 0.2) is 17.0 Å². The smallest absolute Gasteiger partial charge is 0.255 e. The Hall–Kier alpha value is -0.420. The van der Waals surface area contributed by atoms with E-state index in [0.717, 1.165) is 18.0 Å². The van der Waals surface area contributed by atoms with E-state index in [1.54, 1.807) is 12.1 Å². The number of amides is 1. The first kappa shape index (κ1) is 14.0. The summed E-state index contributed by atoms with van der Waals surface area (Å²) in [5, 5.41) is 4.22. The minimum Gasteiger partial charge on any atom is -0.336 e. The van der Waals surface area contributed by atoms with Crippen molar-refractivity contribution in [1.82, 2.24) is 10.2 Å². The Morgan fingerprint density at radius 1 is 1.28 bits per heavy atom. The Balaban J connectivity index is 2.28. The summed E-state index contributed by atoms with van der Waals surface area (Å²) in [4.78, 5) is 15.1. The van der Waals surface area contributed by atoms with Crippen LogP contribution in [0.5, 0.6) is 0 Å². The maximum absolute atomic E-state index is 12.4. The van der Waals surface area contributed by atoms with Gasteiger partial charge in [0.2, 0.25) is 0 Å². The molecule has 1 aromatic rings. The largest absolute Gasteiger partial charge is 0.336 e. The summed E-state index contributed by atoms with van der Waals surface area (Å²) in [5.74, 6) is -0.0199. The van der Waals surface area contributed by atoms with Crippen molar-refractivity contribution >= 4 is 40.9 Å². The highest BCUT2D eigenvalue weighted by Gasteiger charge is 2.21. The van der Waals surface area contributed by atoms with Gasteiger partial charge in [0.25, 0.3) is 5.91 Å². The third kappa shape index (κ3) is 2.94. The number of piperazine rings is 1. The molecule has 0 bridgehead atoms. The number of rotatable bonds is 2. The third-order valence-electron chi connectivity index (χ3n) is 2.88. The number of nitrogens with one attached hydrogen (secondary N) is 1. The van der Waals surface area contributed by atoms with E-state index in [4.69, 9.17) is 23.2 Å². The van der Waals surface area contributed by atoms with Crippen LogP contribution in [0, 0.1) is 0 Å². The Kier molecular flexibility index (Phi) is 4.78. The maximum Gasteiger partial charge on any atom is 0.255 e. The lowest BCUT2D eigenvalue weighted by atomic mass is 10.2. The third-order valence-corrected chi connectivity index (χ3v) is 4.39. The fraction of sp³-hybridized carbons (Fsp3) is 0.417. The summed E-state index contributed by atoms with van der Waals surface area (Å²) in [6, 6.07) is 3.42. The van der Waals surface area contributed by atoms with Crippen molar-refractivity contribution in [2.45, 2.75) is 4.90 Å². The van der Waals surface area contributed by atoms with Crippen molar-refractivity contribution < 1.29 is 4.79 Å². The zero-order valence-corrected chi connectivity index (χ0v) is 12.3. The van der Waals surface area contributed by atoms with Gasteiger partial charge in [0.15, 0.2) is 0 Å². The summed E-state index contributed by atoms with van der Waals surface area (Å²) >= 11 is 13.7. The van der Waals surface area contributed by atoms with Crippen LogP contribution in [0.3, 0.4) is 0 Å². The lowest BCUT2D eigenvalue weighted by Crippen LogP contribution is -2.46. The van der Waals surface area contributed by atoms with E-state index >= 15 is 0 Å². The number of carbonyl (C=O) groups excluding carboxylic acids is 1. The lowest BCUT2D eigenvalue weighted by Gasteiger charge is -2.28. The molecule has 1 aromatic carbocycles. The van der Waals surface area contributed by atoms with E-state index in [2.05, 4.69) is 5.32 Å². The lowest BCUT2D eigenvalue weighted by molar-refractivity contribution is 0.0736. The van der Waals surface area contributed by atoms with Gasteiger partial charge in [-0.1, -0.05) is 23.2 Å². The molecule has 2 rings (SSSR count). The van der Waals surface area contributed by atoms with E-state index in [1.807, 2.05) is 11.2 Å². The average molecular weight is 305 g/mol. The van der Waals surface area contributed by atoms with E-state index < -0.39 is 0 Å². The quantitative estimate of drug-likeness (QED) is 0.853. The predicted molar refractivity (Wildman–Crippen MR) is 77.0 cm³/mol. The van der Waals surface area contributed by atoms with Gasteiger partial charge >= 0.3 is 0 Å². The molecule has 1 amide bonds. The molecule has 0 saturated carbocycles. The molecular formula is C12H14Cl2N2OS. The summed E-state index contributed by atoms with van der Waals surface area (Å²) in [5.41, 5.74) is 0.535. The first-order valence-electron chi connectivity index (χ1n) is 5.66. The fourth-order valence-corrected chi connectivity index (χ4v) is 3.07. The minimum atomic E-state index is -0.0199. The van der Waals surface area contributed by atoms with Crippen molar-refractivity contribution in [3.63, 3.8) is 0 Å². The monoisotopic (exact) mass is 304 g/mol. The second-order valence-corrected chi connectivity index (χ2v) is 5.67. The van der Waals surface area contributed by atoms with Crippen LogP contribution in [-0.2, 0) is 0 Å². The normalized spacial score (nSPS) is 15.8. The van der Waals surface area contributed by atoms with Gasteiger partial charge in [0, 0.05) is 31.1 Å². The Morgan fingerprint density at radius 2 is 1.94 bits per heavy atom. The molecule has 0 unspecified atom stereocenters. The van der Waals surface area contributed by atoms with Gasteiger partial charge in [0.05, 0.1) is 15.6 Å². The van der Waals surface area contributed by atoms with Crippen molar-refractivity contribution in [2.75, 3.05) is 32.4 Å². The summed E-state index contributed by atoms with van der Waals surface area (Å²) in [6.07, 6.45) is 1.92. The molecule has 1 N–H and O–H groups in total. The molecule has 1 aliphatic heterocycles. The Labute approximate surface area is 121 Å². The van der Waals surface area contributed by atoms with Gasteiger partial charge in [-0.15, -0.1) is 11.8 Å². The van der Waals surface area contributed by atoms with Crippen LogP contribution in [0.25, 0.3) is 0 Å². The number of benzene rings is 1. The molecular weight excluding hydrogens is 291 g/mol. The number of hydrogen-bond donors (Lipinski definition) is 1. The first-order chi connectivity index (χ1) is 8.63. The van der Waals surface area contributed by atoms with Crippen LogP contribution in [0.1, 0.15) is 10.4 Å². The molecule has 0 spiro atoms. The summed E-state index contributed by atoms with van der Waals surface area (Å²) in [7, 11) is 0. The summed E-state index contributed by atoms with van der Waals surface area (Å²) in [6.45, 7) is 3.08. The highest BCUT2D eigenvalue weighted by molar-refractivity contribution is 7.98. The highest BCUT2D eigenvalue weighted by atomic mass is 35.5. The van der Waals surface area contributed by atoms with Crippen LogP contribution in [0.2, 0.25) is 10.0 Å². The maximum atomic E-state index is 12.4. The fourth-order valence-electron chi connectivity index (χ4n) is 1.89. The number of thioether (sulfide) groups is 1. The van der Waals surface area contributed by atoms with Gasteiger partial charge in [-0.05, 0) is 18.4 Å². The molecule has 1 fully saturated rings. The Bertz CT molecular complexity index is 462. The SMILES string of the molecule is CSc1cc(C(=O)N2CCNCC2)c(Cl)cc1Cl. The number of nitrogens with zero attached hydrogens (tertiary/aromatic N) is 1. The van der Waals surface area contributed by atoms with E-state index in [9.17, 15) is 4.79 Å². The van der Waals surface area contributed by atoms with E-state index in [1.165, 1.54) is 11.8 Å². The van der Waals surface area contributed by atoms with Crippen LogP contribution in [-0.4, -0.2) is 43.2 Å². The molecule has 0 aromatic heterocycles. The molecule has 0 aliphatic carbocycles. The number of hydrogen-bond acceptors (Lipinski definition) is 3. The van der Waals surface area contributed by atoms with E-state index in [0.29, 0.717) is 28.7 Å². The minimum absolute atomic E-state index is 0.0199. The van der Waals surface area contributed by atoms with Crippen LogP contribution < -0.4 is 5.32 Å². The van der Waals surface area contributed by atoms with Gasteiger partial charge in [-0.3, -0.25) is 4.79 Å². The number of carbonyl (C=O) groups is 1. The van der Waals surface area contributed by atoms with Gasteiger partial charge in [-0.2, -0.15) is 0 Å². The standard InChI is InChI=1S/C12H14Cl2N2OS/c1-18-11-6-8(9(13)7-10(11)14)12(17)16-4-2-15-3-5-16/h6-7,15H,2-5H2,1H3. The second-order valence-electron chi connectivity index (χ2n) is 4.01. The second kappa shape index (κ2) is 6.15. The van der Waals surface area contributed by atoms with Crippen molar-refractivity contribution in [3.05, 3.63) is 27.7 Å². The molecule has 6 heteroatoms. The molecule has 1 aliphatic rings. The molecule has 0 radical (unpaired) electrons. The highest BCUT2D eigenvalue weighted by Crippen LogP contribution is 2.31. The number of halogens is 2. The molecule has 1 heterocycles. The van der Waals surface area contributed by atoms with Crippen molar-refractivity contribution in [3.8, 4) is 0 Å². The summed E-state index contributed by atoms with van der Waals surface area (Å²) < 4.78 is 0. The zero-order chi connectivity index (χ0) is 13.1. The van der Waals surface area contributed by atoms with E-state index in [-0.39, 0.29) is 5.91 Å². The molecule has 0 atom stereocenters. The molecule has 18 heavy (non-hydrogen) atoms. The Morgan fingerprint density at radius 3 is 2.56 bits per heavy atom. The molecule has 98 valence electrons. The topological polar surface area (TPSA) is 32.3 Å². The first-order valence-corrected chi connectivity index (χ1v) is 7.64. The van der Waals surface area contributed by atoms with Crippen molar-refractivity contribution in [1.29, 1.82) is 0 Å². The van der Waals surface area contributed by atoms with Crippen molar-refractivity contribution in [2.24, 2.45) is 0 Å². The molecule has 3 nitrogen and oxygen atoms in total. The van der Waals surface area contributed by atoms with Crippen LogP contribution >= 0.6 is 35.0 Å². The zero-order valence-electron chi connectivity index (χ0n) is 10.0. The van der Waals surface area contributed by atoms with Gasteiger partial charge in [0.1, 0.15) is 0 Å². The molecule has 1 saturated heterocycles. The average Bonchev–Trinajstić information content (AvgIpc) is 2.39. The van der Waals surface area contributed by atoms with Gasteiger partial charge < -0.3 is 10.2 Å².